The number of aliphatic carboxylic acids is 1. The van der Waals surface area contributed by atoms with Gasteiger partial charge in [-0.2, -0.15) is 0 Å². The van der Waals surface area contributed by atoms with Gasteiger partial charge in [0.2, 0.25) is 5.91 Å². The number of rotatable bonds is 16. The highest BCUT2D eigenvalue weighted by Gasteiger charge is 2.73. The van der Waals surface area contributed by atoms with E-state index in [-0.39, 0.29) is 65.0 Å². The van der Waals surface area contributed by atoms with Gasteiger partial charge in [-0.3, -0.25) is 10.1 Å². The molecule has 0 radical (unpaired) electrons. The molecule has 6 aliphatic rings. The molecule has 60 heavy (non-hydrogen) atoms. The van der Waals surface area contributed by atoms with Gasteiger partial charge in [0.15, 0.2) is 0 Å². The second kappa shape index (κ2) is 20.0. The van der Waals surface area contributed by atoms with E-state index in [4.69, 9.17) is 54.6 Å². The van der Waals surface area contributed by atoms with E-state index in [1.165, 1.54) is 23.3 Å². The van der Waals surface area contributed by atoms with Gasteiger partial charge in [0, 0.05) is 26.4 Å². The van der Waals surface area contributed by atoms with Crippen LogP contribution in [0.4, 0.5) is 4.79 Å². The molecule has 2 amide bonds. The number of esters is 1. The fraction of sp³-hybridized carbons (Fsp3) is 0.644. The van der Waals surface area contributed by atoms with Crippen molar-refractivity contribution < 1.29 is 62.2 Å². The molecule has 15 heteroatoms. The Balaban J connectivity index is 0.000000232. The number of hydrogen-bond donors (Lipinski definition) is 2. The van der Waals surface area contributed by atoms with Crippen LogP contribution in [0.3, 0.4) is 0 Å². The van der Waals surface area contributed by atoms with Crippen molar-refractivity contribution in [1.82, 2.24) is 5.32 Å². The summed E-state index contributed by atoms with van der Waals surface area (Å²) in [4.78, 5) is 46.1. The van der Waals surface area contributed by atoms with E-state index in [0.29, 0.717) is 26.1 Å². The molecule has 0 bridgehead atoms. The molecular weight excluding hydrogens is 798 g/mol. The molecule has 4 saturated heterocycles. The molecule has 0 aromatic heterocycles. The molecule has 2 N–H and O–H groups in total. The maximum absolute atomic E-state index is 12.4. The molecular formula is C45H62ClNO13. The van der Waals surface area contributed by atoms with Crippen molar-refractivity contribution in [2.45, 2.75) is 139 Å². The first kappa shape index (κ1) is 47.4. The van der Waals surface area contributed by atoms with Crippen molar-refractivity contribution in [1.29, 1.82) is 0 Å². The first-order valence-electron chi connectivity index (χ1n) is 20.6. The summed E-state index contributed by atoms with van der Waals surface area (Å²) in [6.45, 7) is 13.8. The molecule has 4 aliphatic heterocycles. The number of alkyl halides is 1. The van der Waals surface area contributed by atoms with E-state index in [1.54, 1.807) is 44.6 Å². The highest BCUT2D eigenvalue weighted by molar-refractivity contribution is 6.28. The largest absolute Gasteiger partial charge is 0.478 e. The van der Waals surface area contributed by atoms with E-state index in [0.717, 1.165) is 31.8 Å². The Bertz CT molecular complexity index is 1750. The summed E-state index contributed by atoms with van der Waals surface area (Å²) < 4.78 is 47.0. The quantitative estimate of drug-likeness (QED) is 0.0430. The number of epoxide rings is 4. The number of halogens is 1. The third kappa shape index (κ3) is 11.6. The summed E-state index contributed by atoms with van der Waals surface area (Å²) in [6.07, 6.45) is 18.7. The minimum atomic E-state index is -1.00. The zero-order chi connectivity index (χ0) is 43.9. The molecule has 332 valence electrons. The van der Waals surface area contributed by atoms with Gasteiger partial charge in [0.25, 0.3) is 0 Å². The van der Waals surface area contributed by atoms with E-state index in [1.807, 2.05) is 0 Å². The predicted octanol–water partition coefficient (Wildman–Crippen LogP) is 6.47. The van der Waals surface area contributed by atoms with E-state index < -0.39 is 35.6 Å². The van der Waals surface area contributed by atoms with Crippen molar-refractivity contribution in [3.63, 3.8) is 0 Å². The van der Waals surface area contributed by atoms with E-state index in [2.05, 4.69) is 59.0 Å². The van der Waals surface area contributed by atoms with Crippen LogP contribution >= 0.6 is 11.6 Å². The van der Waals surface area contributed by atoms with Crippen LogP contribution in [0.15, 0.2) is 71.9 Å². The Kier molecular flexibility index (Phi) is 15.8. The molecule has 8 unspecified atom stereocenters. The Hall–Kier alpha value is -3.63. The van der Waals surface area contributed by atoms with Gasteiger partial charge in [-0.05, 0) is 80.1 Å². The average molecular weight is 860 g/mol. The van der Waals surface area contributed by atoms with Crippen molar-refractivity contribution in [2.75, 3.05) is 33.3 Å². The van der Waals surface area contributed by atoms with Gasteiger partial charge in [-0.1, -0.05) is 59.8 Å². The summed E-state index contributed by atoms with van der Waals surface area (Å²) in [7, 11) is 3.26. The lowest BCUT2D eigenvalue weighted by Crippen LogP contribution is -2.56. The van der Waals surface area contributed by atoms with Crippen LogP contribution in [0, 0.1) is 11.8 Å². The summed E-state index contributed by atoms with van der Waals surface area (Å²) >= 11 is 5.42. The topological polar surface area (TPSA) is 188 Å². The minimum Gasteiger partial charge on any atom is -0.478 e. The van der Waals surface area contributed by atoms with Crippen LogP contribution in [0.2, 0.25) is 0 Å². The maximum Gasteiger partial charge on any atom is 0.414 e. The highest BCUT2D eigenvalue weighted by Crippen LogP contribution is 2.61. The SMILES string of the molecule is COC1C(OC(=O)/C=C/C=C/C=C/C=C/C(=O)O)CCC2(CO2)C1[C@@]1(C)O[C@@H]1CC=C(C)C.COC1C(OC(=O)NC(=O)CCl)CCC2(CO2)C1[C@@]1(C)O[C@@H]1CC=C(C)C. The van der Waals surface area contributed by atoms with Crippen molar-refractivity contribution >= 4 is 35.5 Å². The molecule has 2 spiro atoms. The number of carboxylic acids is 1. The van der Waals surface area contributed by atoms with Crippen molar-refractivity contribution in [3.8, 4) is 0 Å². The molecule has 6 rings (SSSR count). The molecule has 0 aromatic rings. The number of nitrogens with one attached hydrogen (secondary N) is 1. The maximum atomic E-state index is 12.4. The van der Waals surface area contributed by atoms with Gasteiger partial charge in [0.05, 0.1) is 37.3 Å². The molecule has 14 nitrogen and oxygen atoms in total. The third-order valence-corrected chi connectivity index (χ3v) is 12.6. The Labute approximate surface area is 358 Å². The Morgan fingerprint density at radius 3 is 1.55 bits per heavy atom. The van der Waals surface area contributed by atoms with Crippen LogP contribution in [-0.2, 0) is 52.3 Å². The lowest BCUT2D eigenvalue weighted by atomic mass is 9.68. The number of ether oxygens (including phenoxy) is 8. The van der Waals surface area contributed by atoms with Crippen LogP contribution in [0.25, 0.3) is 0 Å². The van der Waals surface area contributed by atoms with Gasteiger partial charge in [-0.15, -0.1) is 11.6 Å². The van der Waals surface area contributed by atoms with Crippen molar-refractivity contribution in [2.24, 2.45) is 11.8 Å². The zero-order valence-corrected chi connectivity index (χ0v) is 36.7. The van der Waals surface area contributed by atoms with Crippen LogP contribution in [0.1, 0.15) is 80.1 Å². The molecule has 4 heterocycles. The summed E-state index contributed by atoms with van der Waals surface area (Å²) in [5, 5.41) is 10.6. The van der Waals surface area contributed by atoms with Gasteiger partial charge in [-0.25, -0.2) is 14.4 Å². The lowest BCUT2D eigenvalue weighted by Gasteiger charge is -2.42. The van der Waals surface area contributed by atoms with Crippen molar-refractivity contribution in [3.05, 3.63) is 71.9 Å². The Morgan fingerprint density at radius 2 is 1.15 bits per heavy atom. The second-order valence-corrected chi connectivity index (χ2v) is 17.4. The van der Waals surface area contributed by atoms with E-state index >= 15 is 0 Å². The number of hydrogen-bond acceptors (Lipinski definition) is 12. The minimum absolute atomic E-state index is 0.00928. The smallest absolute Gasteiger partial charge is 0.414 e. The van der Waals surface area contributed by atoms with Crippen LogP contribution in [-0.4, -0.2) is 121 Å². The monoisotopic (exact) mass is 859 g/mol. The molecule has 2 saturated carbocycles. The van der Waals surface area contributed by atoms with Gasteiger partial charge >= 0.3 is 18.0 Å². The number of carboxylic acid groups (broad SMARTS) is 1. The number of imide groups is 1. The van der Waals surface area contributed by atoms with E-state index in [9.17, 15) is 19.2 Å². The summed E-state index contributed by atoms with van der Waals surface area (Å²) in [5.41, 5.74) is 1.22. The fourth-order valence-electron chi connectivity index (χ4n) is 9.17. The normalized spacial score (nSPS) is 37.4. The molecule has 12 atom stereocenters. The van der Waals surface area contributed by atoms with Crippen LogP contribution < -0.4 is 5.32 Å². The lowest BCUT2D eigenvalue weighted by molar-refractivity contribution is -0.166. The van der Waals surface area contributed by atoms with Crippen LogP contribution in [0.5, 0.6) is 0 Å². The number of carbonyl (C=O) groups is 4. The number of alkyl carbamates (subject to hydrolysis) is 1. The number of allylic oxidation sites excluding steroid dienone is 8. The average Bonchev–Trinajstić information content (AvgIpc) is 4.07. The molecule has 6 fully saturated rings. The predicted molar refractivity (Wildman–Crippen MR) is 222 cm³/mol. The van der Waals surface area contributed by atoms with Gasteiger partial charge in [0.1, 0.15) is 52.7 Å². The second-order valence-electron chi connectivity index (χ2n) is 17.2. The number of amides is 2. The summed E-state index contributed by atoms with van der Waals surface area (Å²) in [6, 6.07) is 0. The first-order valence-corrected chi connectivity index (χ1v) is 21.1. The number of carbonyl (C=O) groups excluding carboxylic acids is 3. The molecule has 0 aromatic carbocycles. The molecule has 2 aliphatic carbocycles. The van der Waals surface area contributed by atoms with Gasteiger partial charge < -0.3 is 43.0 Å². The Morgan fingerprint density at radius 1 is 0.717 bits per heavy atom. The first-order chi connectivity index (χ1) is 28.5. The summed E-state index contributed by atoms with van der Waals surface area (Å²) in [5.74, 6) is -2.40. The standard InChI is InChI=1S/C26H34O7.C19H28ClNO6/c1-18(2)13-14-20-25(3,33-20)24-23(30-4)19(15-16-26(24)17-31-26)32-22(29)12-10-8-6-5-7-9-11-21(27)28;1-11(2)5-6-13-18(3,27-13)16-15(24-4)12(7-8-19(16)10-25-19)26-17(23)21-14(22)9-20/h5-13,19-20,23-24H,14-17H2,1-4H3,(H,27,28);5,12-13,15-16H,6-10H2,1-4H3,(H,21,22,23)/b7-5+,8-6+,11-9+,12-10+;/t19?,20-,23?,24?,25+,26?;12?,13-,15?,16?,18+,19?/m11/s1. The highest BCUT2D eigenvalue weighted by atomic mass is 35.5. The third-order valence-electron chi connectivity index (χ3n) is 12.4. The fourth-order valence-corrected chi connectivity index (χ4v) is 9.24. The number of methoxy groups -OCH3 is 2. The zero-order valence-electron chi connectivity index (χ0n) is 36.0.